The molecule has 0 aliphatic rings. The maximum atomic E-state index is 12.4. The molecule has 2 rings (SSSR count). The molecule has 0 unspecified atom stereocenters. The van der Waals surface area contributed by atoms with Crippen molar-refractivity contribution < 1.29 is 28.7 Å². The molecule has 0 saturated heterocycles. The number of Topliss-reactive ketones (excluding diaryl/α,β-unsaturated/α-hetero) is 1. The second-order valence-electron chi connectivity index (χ2n) is 5.76. The number of nitro groups is 1. The Kier molecular flexibility index (Phi) is 7.08. The summed E-state index contributed by atoms with van der Waals surface area (Å²) in [6, 6.07) is 9.21. The first kappa shape index (κ1) is 20.9. The van der Waals surface area contributed by atoms with Crippen LogP contribution in [0, 0.1) is 10.1 Å². The summed E-state index contributed by atoms with van der Waals surface area (Å²) in [5, 5.41) is 11.3. The second kappa shape index (κ2) is 9.50. The van der Waals surface area contributed by atoms with Crippen LogP contribution in [0.5, 0.6) is 11.5 Å². The van der Waals surface area contributed by atoms with Crippen LogP contribution >= 0.6 is 0 Å². The summed E-state index contributed by atoms with van der Waals surface area (Å²) in [5.74, 6) is -1.10. The topological polar surface area (TPSA) is 105 Å². The van der Waals surface area contributed by atoms with Crippen molar-refractivity contribution in [1.82, 2.24) is 0 Å². The number of aryl methyl sites for hydroxylation is 1. The van der Waals surface area contributed by atoms with Crippen LogP contribution in [0.3, 0.4) is 0 Å². The average molecular weight is 387 g/mol. The van der Waals surface area contributed by atoms with Crippen molar-refractivity contribution in [1.29, 1.82) is 0 Å². The molecule has 148 valence electrons. The van der Waals surface area contributed by atoms with Crippen molar-refractivity contribution in [2.45, 2.75) is 20.3 Å². The highest BCUT2D eigenvalue weighted by Crippen LogP contribution is 2.35. The molecule has 0 aliphatic heterocycles. The molecule has 0 radical (unpaired) electrons. The standard InChI is InChI=1S/C20H21NO7/c1-4-13-6-8-14(9-7-13)17(22)12-28-20(23)15-10-19(27-5-2)18(26-3)11-16(15)21(24)25/h6-11H,4-5,12H2,1-3H3. The number of hydrogen-bond donors (Lipinski definition) is 0. The van der Waals surface area contributed by atoms with Gasteiger partial charge in [0.05, 0.1) is 24.7 Å². The molecule has 0 heterocycles. The lowest BCUT2D eigenvalue weighted by Gasteiger charge is -2.11. The van der Waals surface area contributed by atoms with E-state index in [0.717, 1.165) is 18.1 Å². The van der Waals surface area contributed by atoms with E-state index in [2.05, 4.69) is 0 Å². The first-order valence-corrected chi connectivity index (χ1v) is 8.69. The monoisotopic (exact) mass is 387 g/mol. The molecule has 8 nitrogen and oxygen atoms in total. The fraction of sp³-hybridized carbons (Fsp3) is 0.300. The molecule has 0 aromatic heterocycles. The van der Waals surface area contributed by atoms with E-state index >= 15 is 0 Å². The molecule has 8 heteroatoms. The third-order valence-corrected chi connectivity index (χ3v) is 4.02. The molecule has 0 aliphatic carbocycles. The lowest BCUT2D eigenvalue weighted by molar-refractivity contribution is -0.385. The van der Waals surface area contributed by atoms with Gasteiger partial charge in [0.1, 0.15) is 5.56 Å². The number of nitro benzene ring substituents is 1. The minimum Gasteiger partial charge on any atom is -0.493 e. The molecule has 0 N–H and O–H groups in total. The Balaban J connectivity index is 2.20. The minimum atomic E-state index is -0.992. The summed E-state index contributed by atoms with van der Waals surface area (Å²) in [6.07, 6.45) is 0.840. The van der Waals surface area contributed by atoms with Gasteiger partial charge >= 0.3 is 5.97 Å². The van der Waals surface area contributed by atoms with Gasteiger partial charge in [-0.1, -0.05) is 31.2 Å². The van der Waals surface area contributed by atoms with Gasteiger partial charge in [-0.3, -0.25) is 14.9 Å². The number of carbonyl (C=O) groups excluding carboxylic acids is 2. The highest BCUT2D eigenvalue weighted by molar-refractivity contribution is 6.00. The van der Waals surface area contributed by atoms with Crippen molar-refractivity contribution >= 4 is 17.4 Å². The summed E-state index contributed by atoms with van der Waals surface area (Å²) in [5.41, 5.74) is 0.656. The summed E-state index contributed by atoms with van der Waals surface area (Å²) in [4.78, 5) is 35.2. The molecular formula is C20H21NO7. The predicted molar refractivity (Wildman–Crippen MR) is 101 cm³/mol. The van der Waals surface area contributed by atoms with Crippen LogP contribution in [0.2, 0.25) is 0 Å². The lowest BCUT2D eigenvalue weighted by Crippen LogP contribution is -2.15. The molecule has 2 aromatic carbocycles. The van der Waals surface area contributed by atoms with E-state index in [1.807, 2.05) is 19.1 Å². The van der Waals surface area contributed by atoms with E-state index < -0.39 is 29.0 Å². The SMILES string of the molecule is CCOc1cc(C(=O)OCC(=O)c2ccc(CC)cc2)c([N+](=O)[O-])cc1OC. The second-order valence-corrected chi connectivity index (χ2v) is 5.76. The smallest absolute Gasteiger partial charge is 0.345 e. The van der Waals surface area contributed by atoms with E-state index in [9.17, 15) is 19.7 Å². The van der Waals surface area contributed by atoms with Gasteiger partial charge in [0.15, 0.2) is 23.9 Å². The molecule has 0 spiro atoms. The lowest BCUT2D eigenvalue weighted by atomic mass is 10.1. The zero-order chi connectivity index (χ0) is 20.7. The average Bonchev–Trinajstić information content (AvgIpc) is 2.71. The Morgan fingerprint density at radius 1 is 1.07 bits per heavy atom. The molecule has 0 bridgehead atoms. The van der Waals surface area contributed by atoms with Gasteiger partial charge in [-0.2, -0.15) is 0 Å². The highest BCUT2D eigenvalue weighted by atomic mass is 16.6. The van der Waals surface area contributed by atoms with Crippen LogP contribution in [0.25, 0.3) is 0 Å². The number of benzene rings is 2. The molecule has 0 amide bonds. The Labute approximate surface area is 162 Å². The molecule has 2 aromatic rings. The number of hydrogen-bond acceptors (Lipinski definition) is 7. The predicted octanol–water partition coefficient (Wildman–Crippen LogP) is 3.60. The largest absolute Gasteiger partial charge is 0.493 e. The van der Waals surface area contributed by atoms with Gasteiger partial charge in [-0.15, -0.1) is 0 Å². The Hall–Kier alpha value is -3.42. The Bertz CT molecular complexity index is 875. The Morgan fingerprint density at radius 3 is 2.29 bits per heavy atom. The van der Waals surface area contributed by atoms with Crippen LogP contribution in [0.4, 0.5) is 5.69 Å². The number of nitrogens with zero attached hydrogens (tertiary/aromatic N) is 1. The van der Waals surface area contributed by atoms with Crippen molar-refractivity contribution in [3.05, 3.63) is 63.2 Å². The van der Waals surface area contributed by atoms with Crippen molar-refractivity contribution in [2.75, 3.05) is 20.3 Å². The van der Waals surface area contributed by atoms with Crippen LogP contribution in [0.1, 0.15) is 40.1 Å². The van der Waals surface area contributed by atoms with Gasteiger partial charge in [0.25, 0.3) is 5.69 Å². The maximum absolute atomic E-state index is 12.4. The van der Waals surface area contributed by atoms with Crippen LogP contribution < -0.4 is 9.47 Å². The van der Waals surface area contributed by atoms with Gasteiger partial charge in [0, 0.05) is 11.6 Å². The zero-order valence-electron chi connectivity index (χ0n) is 15.9. The molecule has 28 heavy (non-hydrogen) atoms. The van der Waals surface area contributed by atoms with E-state index in [1.165, 1.54) is 13.2 Å². The molecule has 0 atom stereocenters. The summed E-state index contributed by atoms with van der Waals surface area (Å²) < 4.78 is 15.4. The normalized spacial score (nSPS) is 10.2. The number of methoxy groups -OCH3 is 1. The van der Waals surface area contributed by atoms with Gasteiger partial charge in [0.2, 0.25) is 0 Å². The van der Waals surface area contributed by atoms with E-state index in [-0.39, 0.29) is 23.7 Å². The fourth-order valence-electron chi connectivity index (χ4n) is 2.51. The molecule has 0 fully saturated rings. The van der Waals surface area contributed by atoms with E-state index in [0.29, 0.717) is 5.56 Å². The molecule has 0 saturated carbocycles. The first-order valence-electron chi connectivity index (χ1n) is 8.69. The number of ether oxygens (including phenoxy) is 3. The van der Waals surface area contributed by atoms with Crippen LogP contribution in [0.15, 0.2) is 36.4 Å². The minimum absolute atomic E-state index is 0.122. The number of carbonyl (C=O) groups is 2. The number of rotatable bonds is 9. The van der Waals surface area contributed by atoms with Crippen molar-refractivity contribution in [3.63, 3.8) is 0 Å². The molecular weight excluding hydrogens is 366 g/mol. The van der Waals surface area contributed by atoms with Crippen molar-refractivity contribution in [3.8, 4) is 11.5 Å². The van der Waals surface area contributed by atoms with E-state index in [1.54, 1.807) is 19.1 Å². The summed E-state index contributed by atoms with van der Waals surface area (Å²) in [7, 11) is 1.34. The zero-order valence-corrected chi connectivity index (χ0v) is 15.9. The quantitative estimate of drug-likeness (QED) is 0.280. The number of ketones is 1. The van der Waals surface area contributed by atoms with Crippen molar-refractivity contribution in [2.24, 2.45) is 0 Å². The summed E-state index contributed by atoms with van der Waals surface area (Å²) >= 11 is 0. The fourth-order valence-corrected chi connectivity index (χ4v) is 2.51. The van der Waals surface area contributed by atoms with Crippen LogP contribution in [-0.2, 0) is 11.2 Å². The first-order chi connectivity index (χ1) is 13.4. The highest BCUT2D eigenvalue weighted by Gasteiger charge is 2.26. The Morgan fingerprint density at radius 2 is 1.75 bits per heavy atom. The van der Waals surface area contributed by atoms with Crippen LogP contribution in [-0.4, -0.2) is 37.0 Å². The van der Waals surface area contributed by atoms with Gasteiger partial charge in [-0.25, -0.2) is 4.79 Å². The van der Waals surface area contributed by atoms with Gasteiger partial charge < -0.3 is 14.2 Å². The maximum Gasteiger partial charge on any atom is 0.345 e. The van der Waals surface area contributed by atoms with E-state index in [4.69, 9.17) is 14.2 Å². The van der Waals surface area contributed by atoms with Gasteiger partial charge in [-0.05, 0) is 18.9 Å². The number of esters is 1. The summed E-state index contributed by atoms with van der Waals surface area (Å²) in [6.45, 7) is 3.46. The third-order valence-electron chi connectivity index (χ3n) is 4.02. The third kappa shape index (κ3) is 4.85.